The molecule has 0 saturated carbocycles. The van der Waals surface area contributed by atoms with Crippen molar-refractivity contribution >= 4 is 17.0 Å². The third-order valence-electron chi connectivity index (χ3n) is 5.42. The van der Waals surface area contributed by atoms with E-state index in [0.29, 0.717) is 28.9 Å². The maximum absolute atomic E-state index is 13.2. The van der Waals surface area contributed by atoms with Crippen LogP contribution in [0.15, 0.2) is 34.9 Å². The van der Waals surface area contributed by atoms with Crippen molar-refractivity contribution in [3.63, 3.8) is 0 Å². The van der Waals surface area contributed by atoms with Gasteiger partial charge in [0.2, 0.25) is 0 Å². The fourth-order valence-corrected chi connectivity index (χ4v) is 3.91. The summed E-state index contributed by atoms with van der Waals surface area (Å²) in [5, 5.41) is 4.68. The predicted octanol–water partition coefficient (Wildman–Crippen LogP) is 2.97. The highest BCUT2D eigenvalue weighted by Gasteiger charge is 2.27. The average Bonchev–Trinajstić information content (AvgIpc) is 3.01. The van der Waals surface area contributed by atoms with Gasteiger partial charge in [-0.1, -0.05) is 29.4 Å². The molecular formula is C21H24N4O2. The van der Waals surface area contributed by atoms with Crippen molar-refractivity contribution < 1.29 is 9.32 Å². The van der Waals surface area contributed by atoms with Crippen LogP contribution in [0.3, 0.4) is 0 Å². The quantitative estimate of drug-likeness (QED) is 0.715. The van der Waals surface area contributed by atoms with Crippen LogP contribution in [0, 0.1) is 13.8 Å². The van der Waals surface area contributed by atoms with Crippen LogP contribution in [-0.4, -0.2) is 52.5 Å². The highest BCUT2D eigenvalue weighted by atomic mass is 16.5. The Morgan fingerprint density at radius 1 is 1.30 bits per heavy atom. The van der Waals surface area contributed by atoms with Crippen molar-refractivity contribution in [1.29, 1.82) is 0 Å². The summed E-state index contributed by atoms with van der Waals surface area (Å²) in [5.74, 6) is -0.0240. The summed E-state index contributed by atoms with van der Waals surface area (Å²) in [6, 6.07) is 10.7. The Hall–Kier alpha value is -2.73. The molecule has 1 aliphatic rings. The molecule has 0 unspecified atom stereocenters. The SMILES string of the molecule is Cc1cc(C(=O)N(C)C[C@H]2Cc3ccccc3CN2C)c2c(C)noc2n1. The average molecular weight is 364 g/mol. The number of fused-ring (bicyclic) bond motifs is 2. The van der Waals surface area contributed by atoms with E-state index in [-0.39, 0.29) is 11.9 Å². The monoisotopic (exact) mass is 364 g/mol. The van der Waals surface area contributed by atoms with Gasteiger partial charge in [-0.05, 0) is 44.5 Å². The van der Waals surface area contributed by atoms with Gasteiger partial charge < -0.3 is 9.42 Å². The molecule has 0 saturated heterocycles. The van der Waals surface area contributed by atoms with Gasteiger partial charge in [-0.15, -0.1) is 0 Å². The van der Waals surface area contributed by atoms with Crippen molar-refractivity contribution in [2.24, 2.45) is 0 Å². The maximum atomic E-state index is 13.2. The molecule has 1 aliphatic heterocycles. The van der Waals surface area contributed by atoms with Gasteiger partial charge in [0.1, 0.15) is 0 Å². The van der Waals surface area contributed by atoms with Crippen molar-refractivity contribution in [1.82, 2.24) is 19.9 Å². The largest absolute Gasteiger partial charge is 0.340 e. The molecule has 0 aliphatic carbocycles. The van der Waals surface area contributed by atoms with Crippen LogP contribution in [-0.2, 0) is 13.0 Å². The molecular weight excluding hydrogens is 340 g/mol. The zero-order chi connectivity index (χ0) is 19.1. The molecule has 3 heterocycles. The van der Waals surface area contributed by atoms with Crippen LogP contribution < -0.4 is 0 Å². The van der Waals surface area contributed by atoms with E-state index < -0.39 is 0 Å². The van der Waals surface area contributed by atoms with Gasteiger partial charge >= 0.3 is 0 Å². The van der Waals surface area contributed by atoms with Gasteiger partial charge in [0, 0.05) is 31.9 Å². The summed E-state index contributed by atoms with van der Waals surface area (Å²) in [5.41, 5.74) is 5.22. The lowest BCUT2D eigenvalue weighted by Gasteiger charge is -2.36. The third kappa shape index (κ3) is 3.21. The number of pyridine rings is 1. The van der Waals surface area contributed by atoms with E-state index in [2.05, 4.69) is 46.4 Å². The van der Waals surface area contributed by atoms with E-state index in [1.807, 2.05) is 27.0 Å². The van der Waals surface area contributed by atoms with Crippen LogP contribution in [0.5, 0.6) is 0 Å². The number of carbonyl (C=O) groups is 1. The zero-order valence-electron chi connectivity index (χ0n) is 16.2. The number of likely N-dealkylation sites (N-methyl/N-ethyl adjacent to an activating group) is 2. The Balaban J connectivity index is 1.58. The molecule has 0 radical (unpaired) electrons. The Kier molecular flexibility index (Phi) is 4.44. The minimum Gasteiger partial charge on any atom is -0.340 e. The summed E-state index contributed by atoms with van der Waals surface area (Å²) in [6.45, 7) is 5.27. The maximum Gasteiger partial charge on any atom is 0.258 e. The first kappa shape index (κ1) is 17.7. The molecule has 1 amide bonds. The fourth-order valence-electron chi connectivity index (χ4n) is 3.91. The molecule has 6 nitrogen and oxygen atoms in total. The van der Waals surface area contributed by atoms with Crippen molar-refractivity contribution in [3.8, 4) is 0 Å². The number of benzene rings is 1. The second kappa shape index (κ2) is 6.78. The topological polar surface area (TPSA) is 62.5 Å². The highest BCUT2D eigenvalue weighted by Crippen LogP contribution is 2.25. The molecule has 4 rings (SSSR count). The molecule has 1 atom stereocenters. The third-order valence-corrected chi connectivity index (χ3v) is 5.42. The molecule has 0 spiro atoms. The summed E-state index contributed by atoms with van der Waals surface area (Å²) in [6.07, 6.45) is 0.946. The number of aryl methyl sites for hydroxylation is 2. The Bertz CT molecular complexity index is 1010. The van der Waals surface area contributed by atoms with Crippen LogP contribution in [0.1, 0.15) is 32.9 Å². The second-order valence-corrected chi connectivity index (χ2v) is 7.49. The van der Waals surface area contributed by atoms with Gasteiger partial charge in [-0.2, -0.15) is 0 Å². The number of nitrogens with zero attached hydrogens (tertiary/aromatic N) is 4. The molecule has 0 bridgehead atoms. The number of hydrogen-bond acceptors (Lipinski definition) is 5. The lowest BCUT2D eigenvalue weighted by molar-refractivity contribution is 0.0735. The van der Waals surface area contributed by atoms with Crippen molar-refractivity contribution in [2.75, 3.05) is 20.6 Å². The van der Waals surface area contributed by atoms with E-state index in [4.69, 9.17) is 4.52 Å². The first-order valence-corrected chi connectivity index (χ1v) is 9.20. The van der Waals surface area contributed by atoms with Crippen LogP contribution >= 0.6 is 0 Å². The number of carbonyl (C=O) groups excluding carboxylic acids is 1. The highest BCUT2D eigenvalue weighted by molar-refractivity contribution is 6.05. The lowest BCUT2D eigenvalue weighted by atomic mass is 9.94. The van der Waals surface area contributed by atoms with Crippen molar-refractivity contribution in [3.05, 3.63) is 58.4 Å². The molecule has 0 N–H and O–H groups in total. The molecule has 3 aromatic rings. The van der Waals surface area contributed by atoms with Crippen LogP contribution in [0.25, 0.3) is 11.1 Å². The summed E-state index contributed by atoms with van der Waals surface area (Å²) in [4.78, 5) is 21.7. The van der Waals surface area contributed by atoms with E-state index in [9.17, 15) is 4.79 Å². The molecule has 6 heteroatoms. The number of aromatic nitrogens is 2. The van der Waals surface area contributed by atoms with Gasteiger partial charge in [-0.25, -0.2) is 4.98 Å². The smallest absolute Gasteiger partial charge is 0.258 e. The summed E-state index contributed by atoms with van der Waals surface area (Å²) < 4.78 is 5.27. The Morgan fingerprint density at radius 3 is 2.81 bits per heavy atom. The molecule has 1 aromatic carbocycles. The van der Waals surface area contributed by atoms with E-state index in [1.54, 1.807) is 4.90 Å². The first-order chi connectivity index (χ1) is 12.9. The zero-order valence-corrected chi connectivity index (χ0v) is 16.2. The standard InChI is InChI=1S/C21H24N4O2/c1-13-9-18(19-14(2)23-27-20(19)22-13)21(26)25(4)12-17-10-15-7-5-6-8-16(15)11-24(17)3/h5-9,17H,10-12H2,1-4H3/t17-/m1/s1. The van der Waals surface area contributed by atoms with Crippen molar-refractivity contribution in [2.45, 2.75) is 32.9 Å². The number of hydrogen-bond donors (Lipinski definition) is 0. The van der Waals surface area contributed by atoms with Gasteiger partial charge in [0.15, 0.2) is 0 Å². The Labute approximate surface area is 158 Å². The normalized spacial score (nSPS) is 17.1. The van der Waals surface area contributed by atoms with Crippen LogP contribution in [0.4, 0.5) is 0 Å². The second-order valence-electron chi connectivity index (χ2n) is 7.49. The van der Waals surface area contributed by atoms with E-state index >= 15 is 0 Å². The molecule has 0 fully saturated rings. The Morgan fingerprint density at radius 2 is 2.04 bits per heavy atom. The number of amides is 1. The van der Waals surface area contributed by atoms with Gasteiger partial charge in [0.05, 0.1) is 16.6 Å². The van der Waals surface area contributed by atoms with E-state index in [1.165, 1.54) is 11.1 Å². The van der Waals surface area contributed by atoms with Gasteiger partial charge in [-0.3, -0.25) is 9.69 Å². The minimum absolute atomic E-state index is 0.0240. The summed E-state index contributed by atoms with van der Waals surface area (Å²) in [7, 11) is 3.99. The molecule has 27 heavy (non-hydrogen) atoms. The molecule has 2 aromatic heterocycles. The predicted molar refractivity (Wildman–Crippen MR) is 104 cm³/mol. The van der Waals surface area contributed by atoms with Crippen LogP contribution in [0.2, 0.25) is 0 Å². The van der Waals surface area contributed by atoms with Gasteiger partial charge in [0.25, 0.3) is 11.6 Å². The fraction of sp³-hybridized carbons (Fsp3) is 0.381. The molecule has 140 valence electrons. The lowest BCUT2D eigenvalue weighted by Crippen LogP contribution is -2.46. The number of rotatable bonds is 3. The summed E-state index contributed by atoms with van der Waals surface area (Å²) >= 11 is 0. The minimum atomic E-state index is -0.0240. The first-order valence-electron chi connectivity index (χ1n) is 9.20. The van der Waals surface area contributed by atoms with E-state index in [0.717, 1.165) is 18.7 Å².